The molecule has 14 heteroatoms. The SMILES string of the molecule is c1ccc2c(c1)sc1[n+]2CCC[n+]2c(sc3ccccc32)[C@H]2[C@H](C1)[C@@H](c1ccc3c(c1)OCCOCCOCCOCCO3)[C@H]2c1ccc2c(c1)OCCOCCOCCOCCO2. The fraction of sp³-hybridized carbons (Fsp3) is 0.480. The molecule has 1 fully saturated rings. The Morgan fingerprint density at radius 2 is 0.844 bits per heavy atom. The summed E-state index contributed by atoms with van der Waals surface area (Å²) in [6, 6.07) is 31.0. The normalized spacial score (nSPS) is 23.4. The van der Waals surface area contributed by atoms with Gasteiger partial charge < -0.3 is 47.4 Å². The van der Waals surface area contributed by atoms with Crippen LogP contribution in [-0.4, -0.2) is 106 Å². The van der Waals surface area contributed by atoms with Crippen molar-refractivity contribution in [3.05, 3.63) is 106 Å². The van der Waals surface area contributed by atoms with Crippen molar-refractivity contribution >= 4 is 43.1 Å². The predicted octanol–water partition coefficient (Wildman–Crippen LogP) is 7.26. The lowest BCUT2D eigenvalue weighted by molar-refractivity contribution is -0.708. The Labute approximate surface area is 382 Å². The number of aryl methyl sites for hydroxylation is 2. The number of aromatic nitrogens is 2. The third kappa shape index (κ3) is 9.75. The van der Waals surface area contributed by atoms with Gasteiger partial charge in [0.25, 0.3) is 0 Å². The number of para-hydroxylation sites is 2. The molecule has 0 N–H and O–H groups in total. The molecule has 1 saturated carbocycles. The van der Waals surface area contributed by atoms with Gasteiger partial charge in [-0.15, -0.1) is 0 Å². The van der Waals surface area contributed by atoms with E-state index in [1.807, 2.05) is 22.7 Å². The van der Waals surface area contributed by atoms with E-state index in [-0.39, 0.29) is 23.7 Å². The molecule has 0 unspecified atom stereocenters. The van der Waals surface area contributed by atoms with E-state index in [2.05, 4.69) is 94.1 Å². The zero-order valence-electron chi connectivity index (χ0n) is 36.3. The van der Waals surface area contributed by atoms with Crippen LogP contribution in [0.25, 0.3) is 20.4 Å². The van der Waals surface area contributed by atoms with Crippen LogP contribution in [0.15, 0.2) is 84.9 Å². The highest BCUT2D eigenvalue weighted by molar-refractivity contribution is 7.18. The van der Waals surface area contributed by atoms with Crippen molar-refractivity contribution in [2.24, 2.45) is 5.92 Å². The maximum absolute atomic E-state index is 6.54. The molecule has 10 rings (SSSR count). The van der Waals surface area contributed by atoms with Gasteiger partial charge in [0, 0.05) is 24.5 Å². The topological polar surface area (TPSA) is 100 Å². The molecule has 6 aromatic rings. The summed E-state index contributed by atoms with van der Waals surface area (Å²) < 4.78 is 68.3. The van der Waals surface area contributed by atoms with Crippen LogP contribution in [0.4, 0.5) is 0 Å². The lowest BCUT2D eigenvalue weighted by Gasteiger charge is -2.50. The molecule has 0 radical (unpaired) electrons. The van der Waals surface area contributed by atoms with Crippen LogP contribution in [0.5, 0.6) is 23.0 Å². The van der Waals surface area contributed by atoms with E-state index in [0.29, 0.717) is 129 Å². The molecular formula is C50H58N2O10S2+2. The number of ether oxygens (including phenoxy) is 10. The number of thiazole rings is 2. The molecule has 4 aromatic carbocycles. The maximum Gasteiger partial charge on any atom is 0.242 e. The number of fused-ring (bicyclic) bond motifs is 10. The van der Waals surface area contributed by atoms with Gasteiger partial charge in [0.1, 0.15) is 35.8 Å². The summed E-state index contributed by atoms with van der Waals surface area (Å²) in [4.78, 5) is 0. The minimum atomic E-state index is 0.103. The first-order valence-corrected chi connectivity index (χ1v) is 24.5. The average molecular weight is 911 g/mol. The lowest BCUT2D eigenvalue weighted by atomic mass is 9.51. The second-order valence-electron chi connectivity index (χ2n) is 16.5. The van der Waals surface area contributed by atoms with Crippen molar-refractivity contribution in [1.82, 2.24) is 0 Å². The van der Waals surface area contributed by atoms with E-state index in [1.54, 1.807) is 0 Å². The largest absolute Gasteiger partial charge is 0.487 e. The average Bonchev–Trinajstić information content (AvgIpc) is 3.85. The summed E-state index contributed by atoms with van der Waals surface area (Å²) in [6.07, 6.45) is 1.97. The van der Waals surface area contributed by atoms with E-state index in [4.69, 9.17) is 47.4 Å². The summed E-state index contributed by atoms with van der Waals surface area (Å²) in [5.41, 5.74) is 5.05. The number of hydrogen-bond donors (Lipinski definition) is 0. The fourth-order valence-corrected chi connectivity index (χ4v) is 12.4. The van der Waals surface area contributed by atoms with E-state index in [1.165, 1.54) is 41.6 Å². The molecular weight excluding hydrogens is 853 g/mol. The Balaban J connectivity index is 1.08. The predicted molar refractivity (Wildman–Crippen MR) is 244 cm³/mol. The Bertz CT molecular complexity index is 2470. The van der Waals surface area contributed by atoms with Gasteiger partial charge in [-0.05, 0) is 59.4 Å². The lowest BCUT2D eigenvalue weighted by Crippen LogP contribution is -2.52. The highest BCUT2D eigenvalue weighted by Gasteiger charge is 2.58. The molecule has 1 aliphatic carbocycles. The van der Waals surface area contributed by atoms with Gasteiger partial charge in [-0.25, -0.2) is 0 Å². The number of hydrogen-bond acceptors (Lipinski definition) is 12. The van der Waals surface area contributed by atoms with Crippen LogP contribution in [0.2, 0.25) is 0 Å². The maximum atomic E-state index is 6.54. The molecule has 4 aliphatic rings. The standard InChI is InChI=1S/C50H58N2O10S2/c1-3-8-44-38(6-1)51-14-5-15-52-39-7-2-4-9-45(39)64-50(52)49-37(34-46(51)63-44)47(35-10-12-40-42(32-35)61-30-26-57-22-18-53-16-20-55-24-28-59-40)48(49)36-11-13-41-43(33-36)62-31-27-58-23-19-54-17-21-56-25-29-60-41/h1-4,6-13,32-33,37,47-49H,5,14-31,34H2/q+2/t37-,47-,48-,49+/m1/s1. The molecule has 0 bridgehead atoms. The number of nitrogens with zero attached hydrogens (tertiary/aromatic N) is 2. The van der Waals surface area contributed by atoms with Gasteiger partial charge in [-0.1, -0.05) is 59.1 Å². The minimum absolute atomic E-state index is 0.103. The van der Waals surface area contributed by atoms with Crippen LogP contribution in [-0.2, 0) is 47.9 Å². The molecule has 4 atom stereocenters. The first-order valence-electron chi connectivity index (χ1n) is 22.9. The van der Waals surface area contributed by atoms with Crippen molar-refractivity contribution in [2.45, 2.75) is 43.7 Å². The third-order valence-corrected chi connectivity index (χ3v) is 15.1. The summed E-state index contributed by atoms with van der Waals surface area (Å²) in [7, 11) is 0. The van der Waals surface area contributed by atoms with Gasteiger partial charge in [-0.2, -0.15) is 9.13 Å². The summed E-state index contributed by atoms with van der Waals surface area (Å²) >= 11 is 3.90. The van der Waals surface area contributed by atoms with Gasteiger partial charge in [0.2, 0.25) is 21.0 Å². The van der Waals surface area contributed by atoms with Gasteiger partial charge in [0.05, 0.1) is 91.6 Å². The monoisotopic (exact) mass is 910 g/mol. The number of rotatable bonds is 2. The Kier molecular flexibility index (Phi) is 14.5. The quantitative estimate of drug-likeness (QED) is 0.165. The zero-order chi connectivity index (χ0) is 42.9. The Morgan fingerprint density at radius 3 is 1.39 bits per heavy atom. The van der Waals surface area contributed by atoms with Crippen LogP contribution in [0.1, 0.15) is 45.3 Å². The summed E-state index contributed by atoms with van der Waals surface area (Å²) in [5.74, 6) is 3.53. The highest BCUT2D eigenvalue weighted by Crippen LogP contribution is 2.64. The molecule has 12 nitrogen and oxygen atoms in total. The fourth-order valence-electron chi connectivity index (χ4n) is 9.75. The van der Waals surface area contributed by atoms with Crippen molar-refractivity contribution in [2.75, 3.05) is 106 Å². The second-order valence-corrected chi connectivity index (χ2v) is 18.6. The Morgan fingerprint density at radius 1 is 0.406 bits per heavy atom. The molecule has 2 aromatic heterocycles. The van der Waals surface area contributed by atoms with E-state index in [9.17, 15) is 0 Å². The second kappa shape index (κ2) is 21.3. The molecule has 338 valence electrons. The van der Waals surface area contributed by atoms with Crippen molar-refractivity contribution in [3.8, 4) is 23.0 Å². The van der Waals surface area contributed by atoms with Crippen molar-refractivity contribution in [3.63, 3.8) is 0 Å². The van der Waals surface area contributed by atoms with Gasteiger partial charge >= 0.3 is 0 Å². The van der Waals surface area contributed by atoms with Crippen molar-refractivity contribution < 1.29 is 56.5 Å². The van der Waals surface area contributed by atoms with Crippen molar-refractivity contribution in [1.29, 1.82) is 0 Å². The van der Waals surface area contributed by atoms with Crippen LogP contribution < -0.4 is 28.1 Å². The third-order valence-electron chi connectivity index (χ3n) is 12.6. The van der Waals surface area contributed by atoms with E-state index >= 15 is 0 Å². The minimum Gasteiger partial charge on any atom is -0.487 e. The number of benzene rings is 4. The molecule has 0 saturated heterocycles. The van der Waals surface area contributed by atoms with Crippen LogP contribution in [0, 0.1) is 5.92 Å². The Hall–Kier alpha value is -4.38. The molecule has 0 spiro atoms. The van der Waals surface area contributed by atoms with Crippen LogP contribution >= 0.6 is 22.7 Å². The zero-order valence-corrected chi connectivity index (χ0v) is 38.0. The van der Waals surface area contributed by atoms with Gasteiger partial charge in [0.15, 0.2) is 36.1 Å². The van der Waals surface area contributed by atoms with E-state index < -0.39 is 0 Å². The summed E-state index contributed by atoms with van der Waals surface area (Å²) in [6.45, 7) is 9.40. The summed E-state index contributed by atoms with van der Waals surface area (Å²) in [5, 5.41) is 2.85. The molecule has 64 heavy (non-hydrogen) atoms. The highest BCUT2D eigenvalue weighted by atomic mass is 32.1. The van der Waals surface area contributed by atoms with Crippen LogP contribution in [0.3, 0.4) is 0 Å². The molecule has 5 heterocycles. The van der Waals surface area contributed by atoms with Gasteiger partial charge in [-0.3, -0.25) is 0 Å². The molecule has 3 aliphatic heterocycles. The molecule has 0 amide bonds. The smallest absolute Gasteiger partial charge is 0.242 e. The first kappa shape index (κ1) is 43.5. The first-order chi connectivity index (χ1) is 31.8. The van der Waals surface area contributed by atoms with E-state index in [0.717, 1.165) is 25.9 Å².